The molecule has 1 saturated carbocycles. The second-order valence-corrected chi connectivity index (χ2v) is 8.53. The van der Waals surface area contributed by atoms with Crippen molar-refractivity contribution in [2.45, 2.75) is 58.7 Å². The van der Waals surface area contributed by atoms with Crippen molar-refractivity contribution in [3.05, 3.63) is 48.1 Å². The van der Waals surface area contributed by atoms with Crippen LogP contribution in [0.1, 0.15) is 47.0 Å². The van der Waals surface area contributed by atoms with Crippen LogP contribution in [-0.4, -0.2) is 35.4 Å². The molecule has 2 aliphatic carbocycles. The minimum atomic E-state index is -1.88. The molecule has 0 aliphatic heterocycles. The summed E-state index contributed by atoms with van der Waals surface area (Å²) >= 11 is 0. The molecule has 1 unspecified atom stereocenters. The van der Waals surface area contributed by atoms with Crippen molar-refractivity contribution in [2.24, 2.45) is 16.7 Å². The Hall–Kier alpha value is -2.27. The molecule has 0 bridgehead atoms. The molecular weight excluding hydrogens is 356 g/mol. The molecule has 0 heterocycles. The van der Waals surface area contributed by atoms with Crippen LogP contribution in [0.2, 0.25) is 0 Å². The Balaban J connectivity index is 2.41. The molecular formula is C23H30O5. The molecule has 28 heavy (non-hydrogen) atoms. The largest absolute Gasteiger partial charge is 0.455 e. The highest BCUT2D eigenvalue weighted by Gasteiger charge is 2.64. The van der Waals surface area contributed by atoms with Crippen molar-refractivity contribution in [3.8, 4) is 0 Å². The molecule has 4 atom stereocenters. The maximum Gasteiger partial charge on any atom is 0.331 e. The first-order chi connectivity index (χ1) is 13.2. The number of aldehydes is 2. The lowest BCUT2D eigenvalue weighted by Gasteiger charge is -2.59. The lowest BCUT2D eigenvalue weighted by atomic mass is 9.46. The molecule has 5 nitrogen and oxygen atoms in total. The molecule has 5 heteroatoms. The predicted molar refractivity (Wildman–Crippen MR) is 107 cm³/mol. The minimum Gasteiger partial charge on any atom is -0.455 e. The van der Waals surface area contributed by atoms with E-state index in [-0.39, 0.29) is 16.9 Å². The average Bonchev–Trinajstić information content (AvgIpc) is 2.63. The van der Waals surface area contributed by atoms with E-state index in [4.69, 9.17) is 4.74 Å². The van der Waals surface area contributed by atoms with Crippen LogP contribution in [0.4, 0.5) is 0 Å². The van der Waals surface area contributed by atoms with Gasteiger partial charge in [-0.05, 0) is 31.3 Å². The van der Waals surface area contributed by atoms with Crippen molar-refractivity contribution in [2.75, 3.05) is 0 Å². The van der Waals surface area contributed by atoms with Crippen molar-refractivity contribution < 1.29 is 24.2 Å². The lowest BCUT2D eigenvalue weighted by Crippen LogP contribution is -2.64. The third kappa shape index (κ3) is 3.81. The number of hydrogen-bond donors (Lipinski definition) is 1. The Kier molecular flexibility index (Phi) is 6.60. The second-order valence-electron chi connectivity index (χ2n) is 8.53. The smallest absolute Gasteiger partial charge is 0.331 e. The second kappa shape index (κ2) is 8.39. The maximum absolute atomic E-state index is 12.3. The maximum atomic E-state index is 12.3. The van der Waals surface area contributed by atoms with Crippen LogP contribution >= 0.6 is 0 Å². The lowest BCUT2D eigenvalue weighted by molar-refractivity contribution is -0.184. The van der Waals surface area contributed by atoms with E-state index in [9.17, 15) is 19.5 Å². The molecule has 0 spiro atoms. The molecule has 2 aliphatic rings. The van der Waals surface area contributed by atoms with E-state index < -0.39 is 23.1 Å². The van der Waals surface area contributed by atoms with Gasteiger partial charge in [0.05, 0.1) is 0 Å². The summed E-state index contributed by atoms with van der Waals surface area (Å²) in [6, 6.07) is 0. The molecule has 2 rings (SSSR count). The molecule has 0 aromatic rings. The van der Waals surface area contributed by atoms with Crippen LogP contribution in [0.25, 0.3) is 0 Å². The van der Waals surface area contributed by atoms with Gasteiger partial charge in [0.2, 0.25) is 0 Å². The van der Waals surface area contributed by atoms with Gasteiger partial charge in [0, 0.05) is 23.0 Å². The summed E-state index contributed by atoms with van der Waals surface area (Å²) in [6.45, 7) is 7.82. The van der Waals surface area contributed by atoms with Crippen LogP contribution < -0.4 is 0 Å². The summed E-state index contributed by atoms with van der Waals surface area (Å²) in [5.74, 6) is -0.833. The Morgan fingerprint density at radius 2 is 1.82 bits per heavy atom. The first-order valence-electron chi connectivity index (χ1n) is 9.69. The van der Waals surface area contributed by atoms with E-state index in [1.165, 1.54) is 12.2 Å². The third-order valence-electron chi connectivity index (χ3n) is 6.34. The number of rotatable bonds is 6. The molecule has 1 N–H and O–H groups in total. The zero-order valence-electron chi connectivity index (χ0n) is 17.1. The minimum absolute atomic E-state index is 0.0336. The fraction of sp³-hybridized carbons (Fsp3) is 0.522. The van der Waals surface area contributed by atoms with Gasteiger partial charge in [-0.2, -0.15) is 0 Å². The number of carbonyl (C=O) groups is 3. The normalized spacial score (nSPS) is 35.0. The first kappa shape index (κ1) is 22.0. The summed E-state index contributed by atoms with van der Waals surface area (Å²) in [5.41, 5.74) is -3.10. The van der Waals surface area contributed by atoms with Gasteiger partial charge in [-0.25, -0.2) is 4.79 Å². The summed E-state index contributed by atoms with van der Waals surface area (Å²) in [5, 5.41) is 11.2. The predicted octanol–water partition coefficient (Wildman–Crippen LogP) is 3.49. The fourth-order valence-electron chi connectivity index (χ4n) is 5.03. The van der Waals surface area contributed by atoms with E-state index in [0.29, 0.717) is 19.0 Å². The zero-order chi connectivity index (χ0) is 21.0. The van der Waals surface area contributed by atoms with Gasteiger partial charge >= 0.3 is 5.97 Å². The summed E-state index contributed by atoms with van der Waals surface area (Å²) in [6.07, 6.45) is 14.1. The molecule has 0 aromatic heterocycles. The SMILES string of the molecule is C/C=C/C=C/C=C/C(=O)O[C@@H]1C=C(C=O)[C@](O)(C=O)[C@@]2(C)CCCC(C)(C)C12. The molecule has 0 saturated heterocycles. The number of carbonyl (C=O) groups excluding carboxylic acids is 3. The monoisotopic (exact) mass is 386 g/mol. The van der Waals surface area contributed by atoms with E-state index >= 15 is 0 Å². The number of ether oxygens (including phenoxy) is 1. The van der Waals surface area contributed by atoms with Crippen LogP contribution in [0.5, 0.6) is 0 Å². The third-order valence-corrected chi connectivity index (χ3v) is 6.34. The van der Waals surface area contributed by atoms with Gasteiger partial charge in [0.25, 0.3) is 0 Å². The fourth-order valence-corrected chi connectivity index (χ4v) is 5.03. The van der Waals surface area contributed by atoms with E-state index in [2.05, 4.69) is 13.8 Å². The van der Waals surface area contributed by atoms with E-state index in [1.54, 1.807) is 18.2 Å². The zero-order valence-corrected chi connectivity index (χ0v) is 17.1. The molecule has 0 amide bonds. The van der Waals surface area contributed by atoms with Gasteiger partial charge in [-0.1, -0.05) is 57.6 Å². The van der Waals surface area contributed by atoms with Crippen LogP contribution in [-0.2, 0) is 19.1 Å². The quantitative estimate of drug-likeness (QED) is 0.327. The molecule has 152 valence electrons. The Bertz CT molecular complexity index is 742. The van der Waals surface area contributed by atoms with Crippen molar-refractivity contribution >= 4 is 18.5 Å². The topological polar surface area (TPSA) is 80.7 Å². The average molecular weight is 386 g/mol. The highest BCUT2D eigenvalue weighted by atomic mass is 16.5. The Morgan fingerprint density at radius 3 is 2.43 bits per heavy atom. The number of allylic oxidation sites excluding steroid dienone is 5. The standard InChI is InChI=1S/C23H30O5/c1-5-6-7-8-9-11-19(26)28-18-14-17(15-24)23(27,16-25)22(4)13-10-12-21(2,3)20(18)22/h5-9,11,14-16,18,20,27H,10,12-13H2,1-4H3/b6-5+,8-7+,11-9+/t18-,20?,22+,23-/m1/s1. The van der Waals surface area contributed by atoms with Gasteiger partial charge in [0.1, 0.15) is 12.4 Å². The van der Waals surface area contributed by atoms with Crippen LogP contribution in [0.15, 0.2) is 48.1 Å². The Morgan fingerprint density at radius 1 is 1.14 bits per heavy atom. The van der Waals surface area contributed by atoms with Crippen molar-refractivity contribution in [1.82, 2.24) is 0 Å². The molecule has 0 radical (unpaired) electrons. The first-order valence-corrected chi connectivity index (χ1v) is 9.69. The van der Waals surface area contributed by atoms with Crippen molar-refractivity contribution in [1.29, 1.82) is 0 Å². The number of aliphatic hydroxyl groups is 1. The summed E-state index contributed by atoms with van der Waals surface area (Å²) < 4.78 is 5.70. The number of hydrogen-bond acceptors (Lipinski definition) is 5. The van der Waals surface area contributed by atoms with E-state index in [1.807, 2.05) is 26.0 Å². The van der Waals surface area contributed by atoms with Gasteiger partial charge in [0.15, 0.2) is 11.9 Å². The highest BCUT2D eigenvalue weighted by Crippen LogP contribution is 2.60. The van der Waals surface area contributed by atoms with E-state index in [0.717, 1.165) is 12.8 Å². The van der Waals surface area contributed by atoms with Crippen LogP contribution in [0, 0.1) is 16.7 Å². The van der Waals surface area contributed by atoms with Crippen molar-refractivity contribution in [3.63, 3.8) is 0 Å². The number of fused-ring (bicyclic) bond motifs is 1. The molecule has 0 aromatic carbocycles. The van der Waals surface area contributed by atoms with Gasteiger partial charge in [-0.3, -0.25) is 9.59 Å². The number of esters is 1. The molecule has 1 fully saturated rings. The summed E-state index contributed by atoms with van der Waals surface area (Å²) in [7, 11) is 0. The highest BCUT2D eigenvalue weighted by molar-refractivity contribution is 5.89. The van der Waals surface area contributed by atoms with Gasteiger partial charge in [-0.15, -0.1) is 0 Å². The summed E-state index contributed by atoms with van der Waals surface area (Å²) in [4.78, 5) is 35.9. The Labute approximate surface area is 166 Å². The van der Waals surface area contributed by atoms with Crippen LogP contribution in [0.3, 0.4) is 0 Å². The van der Waals surface area contributed by atoms with Gasteiger partial charge < -0.3 is 9.84 Å².